The maximum Gasteiger partial charge on any atom is 0.306 e. The van der Waals surface area contributed by atoms with Gasteiger partial charge in [-0.1, -0.05) is 79.9 Å². The molecule has 5 fully saturated rings. The van der Waals surface area contributed by atoms with Gasteiger partial charge >= 0.3 is 5.97 Å². The zero-order valence-corrected chi connectivity index (χ0v) is 35.4. The first-order valence-corrected chi connectivity index (χ1v) is 22.1. The highest BCUT2D eigenvalue weighted by Crippen LogP contribution is 2.77. The van der Waals surface area contributed by atoms with Crippen molar-refractivity contribution in [3.05, 3.63) is 12.2 Å². The van der Waals surface area contributed by atoms with Crippen LogP contribution < -0.4 is 10.6 Å². The van der Waals surface area contributed by atoms with E-state index >= 15 is 0 Å². The number of amides is 2. The van der Waals surface area contributed by atoms with E-state index < -0.39 is 18.1 Å². The van der Waals surface area contributed by atoms with Gasteiger partial charge in [0.2, 0.25) is 11.8 Å². The number of aliphatic hydroxyl groups excluding tert-OH is 2. The number of hydrogen-bond acceptors (Lipinski definition) is 5. The lowest BCUT2D eigenvalue weighted by molar-refractivity contribution is -0.246. The summed E-state index contributed by atoms with van der Waals surface area (Å²) in [5, 5.41) is 36.8. The molecule has 0 aromatic rings. The summed E-state index contributed by atoms with van der Waals surface area (Å²) in [6.45, 7) is 23.9. The van der Waals surface area contributed by atoms with Crippen molar-refractivity contribution in [3.8, 4) is 0 Å². The third-order valence-corrected chi connectivity index (χ3v) is 17.3. The summed E-state index contributed by atoms with van der Waals surface area (Å²) in [7, 11) is 0. The number of nitrogens with one attached hydrogen (secondary N) is 2. The molecular formula is C46H78N2O6. The first kappa shape index (κ1) is 43.2. The maximum absolute atomic E-state index is 14.5. The molecule has 0 unspecified atom stereocenters. The molecule has 8 nitrogen and oxygen atoms in total. The number of rotatable bonds is 16. The molecule has 2 amide bonds. The van der Waals surface area contributed by atoms with Crippen LogP contribution in [0.1, 0.15) is 171 Å². The molecule has 54 heavy (non-hydrogen) atoms. The zero-order valence-electron chi connectivity index (χ0n) is 35.4. The summed E-state index contributed by atoms with van der Waals surface area (Å²) in [6, 6.07) is -0.554. The van der Waals surface area contributed by atoms with Crippen LogP contribution in [0.25, 0.3) is 0 Å². The van der Waals surface area contributed by atoms with Gasteiger partial charge in [0.15, 0.2) is 0 Å². The van der Waals surface area contributed by atoms with Crippen LogP contribution in [0.3, 0.4) is 0 Å². The van der Waals surface area contributed by atoms with Gasteiger partial charge in [0.25, 0.3) is 0 Å². The van der Waals surface area contributed by atoms with E-state index in [0.29, 0.717) is 49.0 Å². The molecule has 5 aliphatic carbocycles. The molecule has 0 bridgehead atoms. The Morgan fingerprint density at radius 2 is 1.50 bits per heavy atom. The Hall–Kier alpha value is -1.93. The van der Waals surface area contributed by atoms with Gasteiger partial charge < -0.3 is 26.0 Å². The average Bonchev–Trinajstić information content (AvgIpc) is 3.49. The van der Waals surface area contributed by atoms with Gasteiger partial charge in [-0.25, -0.2) is 0 Å². The van der Waals surface area contributed by atoms with E-state index in [1.54, 1.807) is 0 Å². The second kappa shape index (κ2) is 16.5. The second-order valence-electron chi connectivity index (χ2n) is 21.0. The molecule has 5 rings (SSSR count). The minimum Gasteiger partial charge on any atom is -0.481 e. The molecule has 5 N–H and O–H groups in total. The SMILES string of the molecule is C=C(C)[C@@H]1CC[C@]2(C(=O)NCCCCCCCC(=O)N[C@@H](CC(C)C)[C@H](O)CC(=O)O)CC[C@]3(C)[C@H](CC[C@@H]4[C@@]5(C)CC[C@H](O)C(C)(C)[C@@H]5CC[C@]43C)[C@@H]12. The molecule has 8 heteroatoms. The highest BCUT2D eigenvalue weighted by atomic mass is 16.4. The minimum absolute atomic E-state index is 0.0488. The average molecular weight is 755 g/mol. The largest absolute Gasteiger partial charge is 0.481 e. The minimum atomic E-state index is -1.10. The van der Waals surface area contributed by atoms with Gasteiger partial charge in [0, 0.05) is 13.0 Å². The molecule has 0 aliphatic heterocycles. The molecule has 0 saturated heterocycles. The van der Waals surface area contributed by atoms with Crippen LogP contribution in [0, 0.1) is 62.6 Å². The van der Waals surface area contributed by atoms with Crippen molar-refractivity contribution in [1.29, 1.82) is 0 Å². The Balaban J connectivity index is 1.15. The fourth-order valence-corrected chi connectivity index (χ4v) is 14.3. The number of carboxylic acid groups (broad SMARTS) is 1. The smallest absolute Gasteiger partial charge is 0.306 e. The Bertz CT molecular complexity index is 1380. The van der Waals surface area contributed by atoms with Crippen LogP contribution in [-0.4, -0.2) is 57.9 Å². The van der Waals surface area contributed by atoms with E-state index in [4.69, 9.17) is 5.11 Å². The van der Waals surface area contributed by atoms with E-state index in [-0.39, 0.29) is 57.3 Å². The number of fused-ring (bicyclic) bond motifs is 7. The van der Waals surface area contributed by atoms with Crippen molar-refractivity contribution in [2.24, 2.45) is 62.6 Å². The maximum atomic E-state index is 14.5. The molecule has 0 spiro atoms. The van der Waals surface area contributed by atoms with Crippen molar-refractivity contribution >= 4 is 17.8 Å². The summed E-state index contributed by atoms with van der Waals surface area (Å²) >= 11 is 0. The summed E-state index contributed by atoms with van der Waals surface area (Å²) in [4.78, 5) is 38.2. The van der Waals surface area contributed by atoms with Gasteiger partial charge in [0.1, 0.15) is 0 Å². The van der Waals surface area contributed by atoms with Gasteiger partial charge in [-0.05, 0) is 148 Å². The van der Waals surface area contributed by atoms with Crippen LogP contribution >= 0.6 is 0 Å². The lowest BCUT2D eigenvalue weighted by Gasteiger charge is -2.72. The molecule has 5 saturated carbocycles. The lowest BCUT2D eigenvalue weighted by atomic mass is 9.32. The predicted octanol–water partition coefficient (Wildman–Crippen LogP) is 8.83. The normalized spacial score (nSPS) is 39.3. The Kier molecular flexibility index (Phi) is 13.2. The molecule has 308 valence electrons. The number of allylic oxidation sites excluding steroid dienone is 1. The Morgan fingerprint density at radius 3 is 2.17 bits per heavy atom. The number of carboxylic acids is 1. The van der Waals surface area contributed by atoms with E-state index in [1.807, 2.05) is 13.8 Å². The Labute approximate surface area is 327 Å². The number of aliphatic carboxylic acids is 1. The van der Waals surface area contributed by atoms with E-state index in [0.717, 1.165) is 70.6 Å². The molecule has 5 aliphatic rings. The summed E-state index contributed by atoms with van der Waals surface area (Å²) in [5.41, 5.74) is 1.55. The standard InChI is InChI=1S/C46H78N2O6/c1-29(2)27-33(34(49)28-39(52)53)48-38(51)15-13-11-10-12-14-26-47-41(54)46-23-18-31(30(3)4)40(46)32-16-17-36-43(7)21-20-37(50)42(5,6)35(43)19-22-45(36,9)44(32,8)24-25-46/h29,31-37,40,49-50H,3,10-28H2,1-2,4-9H3,(H,47,54)(H,48,51)(H,52,53)/t31-,32+,33-,34+,35-,36+,37-,40+,43-,44+,45+,46-/m0/s1. The topological polar surface area (TPSA) is 136 Å². The van der Waals surface area contributed by atoms with Crippen molar-refractivity contribution < 1.29 is 29.7 Å². The number of carbonyl (C=O) groups excluding carboxylic acids is 2. The van der Waals surface area contributed by atoms with Crippen LogP contribution in [0.2, 0.25) is 0 Å². The first-order chi connectivity index (χ1) is 25.2. The highest BCUT2D eigenvalue weighted by Gasteiger charge is 2.71. The van der Waals surface area contributed by atoms with Crippen molar-refractivity contribution in [1.82, 2.24) is 10.6 Å². The van der Waals surface area contributed by atoms with Crippen LogP contribution in [0.15, 0.2) is 12.2 Å². The quantitative estimate of drug-likeness (QED) is 0.0790. The highest BCUT2D eigenvalue weighted by molar-refractivity contribution is 5.84. The van der Waals surface area contributed by atoms with Crippen LogP contribution in [0.4, 0.5) is 0 Å². The van der Waals surface area contributed by atoms with E-state index in [1.165, 1.54) is 31.3 Å². The van der Waals surface area contributed by atoms with Gasteiger partial charge in [-0.15, -0.1) is 0 Å². The molecular weight excluding hydrogens is 677 g/mol. The van der Waals surface area contributed by atoms with Crippen LogP contribution in [0.5, 0.6) is 0 Å². The summed E-state index contributed by atoms with van der Waals surface area (Å²) in [5.74, 6) is 1.75. The molecule has 0 heterocycles. The third kappa shape index (κ3) is 7.83. The number of aliphatic hydroxyl groups is 2. The fourth-order valence-electron chi connectivity index (χ4n) is 14.3. The summed E-state index contributed by atoms with van der Waals surface area (Å²) in [6.07, 6.45) is 14.8. The van der Waals surface area contributed by atoms with Crippen molar-refractivity contribution in [3.63, 3.8) is 0 Å². The van der Waals surface area contributed by atoms with Crippen LogP contribution in [-0.2, 0) is 14.4 Å². The fraction of sp³-hybridized carbons (Fsp3) is 0.891. The number of hydrogen-bond donors (Lipinski definition) is 5. The van der Waals surface area contributed by atoms with E-state index in [2.05, 4.69) is 58.8 Å². The van der Waals surface area contributed by atoms with E-state index in [9.17, 15) is 24.6 Å². The summed E-state index contributed by atoms with van der Waals surface area (Å²) < 4.78 is 0. The number of unbranched alkanes of at least 4 members (excludes halogenated alkanes) is 4. The predicted molar refractivity (Wildman–Crippen MR) is 215 cm³/mol. The van der Waals surface area contributed by atoms with Gasteiger partial charge in [0.05, 0.1) is 30.1 Å². The zero-order chi connectivity index (χ0) is 39.9. The monoisotopic (exact) mass is 755 g/mol. The second-order valence-corrected chi connectivity index (χ2v) is 21.0. The Morgan fingerprint density at radius 1 is 0.815 bits per heavy atom. The molecule has 0 aromatic carbocycles. The van der Waals surface area contributed by atoms with Gasteiger partial charge in [-0.3, -0.25) is 14.4 Å². The van der Waals surface area contributed by atoms with Gasteiger partial charge in [-0.2, -0.15) is 0 Å². The molecule has 0 aromatic heterocycles. The number of carbonyl (C=O) groups is 3. The lowest BCUT2D eigenvalue weighted by Crippen LogP contribution is -2.67. The van der Waals surface area contributed by atoms with Crippen molar-refractivity contribution in [2.75, 3.05) is 6.54 Å². The first-order valence-electron chi connectivity index (χ1n) is 22.1. The molecule has 0 radical (unpaired) electrons. The third-order valence-electron chi connectivity index (χ3n) is 17.3. The molecule has 12 atom stereocenters. The van der Waals surface area contributed by atoms with Crippen molar-refractivity contribution in [2.45, 2.75) is 189 Å².